The highest BCUT2D eigenvalue weighted by Gasteiger charge is 2.14. The van der Waals surface area contributed by atoms with Crippen LogP contribution in [0.15, 0.2) is 18.2 Å². The second kappa shape index (κ2) is 6.86. The molecule has 1 aromatic rings. The Kier molecular flexibility index (Phi) is 5.45. The van der Waals surface area contributed by atoms with Gasteiger partial charge in [-0.25, -0.2) is 0 Å². The summed E-state index contributed by atoms with van der Waals surface area (Å²) >= 11 is 0. The molecular weight excluding hydrogens is 234 g/mol. The van der Waals surface area contributed by atoms with Crippen LogP contribution in [0.2, 0.25) is 0 Å². The number of carbonyl (C=O) groups is 1. The van der Waals surface area contributed by atoms with Gasteiger partial charge < -0.3 is 19.9 Å². The predicted molar refractivity (Wildman–Crippen MR) is 67.7 cm³/mol. The van der Waals surface area contributed by atoms with Gasteiger partial charge in [0.1, 0.15) is 0 Å². The van der Waals surface area contributed by atoms with Gasteiger partial charge in [-0.2, -0.15) is 0 Å². The molecule has 1 atom stereocenters. The highest BCUT2D eigenvalue weighted by atomic mass is 16.5. The van der Waals surface area contributed by atoms with Crippen LogP contribution in [0.3, 0.4) is 0 Å². The lowest BCUT2D eigenvalue weighted by atomic mass is 10.0. The minimum atomic E-state index is -0.413. The third-order valence-corrected chi connectivity index (χ3v) is 2.53. The SMILES string of the molecule is CCOC(=O)C[C@H](N)c1ccc(OC)c(OC)c1. The van der Waals surface area contributed by atoms with E-state index >= 15 is 0 Å². The molecule has 18 heavy (non-hydrogen) atoms. The van der Waals surface area contributed by atoms with Crippen molar-refractivity contribution in [3.63, 3.8) is 0 Å². The van der Waals surface area contributed by atoms with Gasteiger partial charge in [0.15, 0.2) is 11.5 Å². The Morgan fingerprint density at radius 2 is 1.94 bits per heavy atom. The fraction of sp³-hybridized carbons (Fsp3) is 0.462. The fourth-order valence-electron chi connectivity index (χ4n) is 1.60. The number of methoxy groups -OCH3 is 2. The Hall–Kier alpha value is -1.75. The number of nitrogens with two attached hydrogens (primary N) is 1. The van der Waals surface area contributed by atoms with Crippen LogP contribution < -0.4 is 15.2 Å². The second-order valence-electron chi connectivity index (χ2n) is 3.73. The van der Waals surface area contributed by atoms with E-state index in [1.807, 2.05) is 6.07 Å². The van der Waals surface area contributed by atoms with Crippen molar-refractivity contribution in [1.82, 2.24) is 0 Å². The van der Waals surface area contributed by atoms with Crippen LogP contribution in [0.25, 0.3) is 0 Å². The van der Waals surface area contributed by atoms with Crippen LogP contribution in [0.4, 0.5) is 0 Å². The molecule has 100 valence electrons. The van der Waals surface area contributed by atoms with Gasteiger partial charge in [-0.15, -0.1) is 0 Å². The summed E-state index contributed by atoms with van der Waals surface area (Å²) in [5.41, 5.74) is 6.75. The summed E-state index contributed by atoms with van der Waals surface area (Å²) in [5, 5.41) is 0. The van der Waals surface area contributed by atoms with Gasteiger partial charge >= 0.3 is 5.97 Å². The van der Waals surface area contributed by atoms with Crippen molar-refractivity contribution in [1.29, 1.82) is 0 Å². The number of hydrogen-bond acceptors (Lipinski definition) is 5. The zero-order valence-corrected chi connectivity index (χ0v) is 10.9. The van der Waals surface area contributed by atoms with Crippen LogP contribution in [0.1, 0.15) is 24.9 Å². The lowest BCUT2D eigenvalue weighted by Crippen LogP contribution is -2.17. The minimum absolute atomic E-state index is 0.142. The molecule has 5 nitrogen and oxygen atoms in total. The highest BCUT2D eigenvalue weighted by molar-refractivity contribution is 5.70. The zero-order valence-electron chi connectivity index (χ0n) is 10.9. The third kappa shape index (κ3) is 3.63. The average Bonchev–Trinajstić information content (AvgIpc) is 2.38. The minimum Gasteiger partial charge on any atom is -0.493 e. The fourth-order valence-corrected chi connectivity index (χ4v) is 1.60. The molecule has 2 N–H and O–H groups in total. The monoisotopic (exact) mass is 253 g/mol. The van der Waals surface area contributed by atoms with Crippen LogP contribution in [0.5, 0.6) is 11.5 Å². The van der Waals surface area contributed by atoms with E-state index in [2.05, 4.69) is 0 Å². The number of ether oxygens (including phenoxy) is 3. The standard InChI is InChI=1S/C13H19NO4/c1-4-18-13(15)8-10(14)9-5-6-11(16-2)12(7-9)17-3/h5-7,10H,4,8,14H2,1-3H3/t10-/m0/s1. The van der Waals surface area contributed by atoms with Crippen LogP contribution in [-0.4, -0.2) is 26.8 Å². The maximum absolute atomic E-state index is 11.3. The smallest absolute Gasteiger partial charge is 0.307 e. The highest BCUT2D eigenvalue weighted by Crippen LogP contribution is 2.30. The van der Waals surface area contributed by atoms with E-state index in [9.17, 15) is 4.79 Å². The summed E-state index contributed by atoms with van der Waals surface area (Å²) in [6.07, 6.45) is 0.142. The maximum atomic E-state index is 11.3. The third-order valence-electron chi connectivity index (χ3n) is 2.53. The molecule has 0 aromatic heterocycles. The van der Waals surface area contributed by atoms with Crippen LogP contribution in [-0.2, 0) is 9.53 Å². The quantitative estimate of drug-likeness (QED) is 0.781. The molecule has 0 aliphatic carbocycles. The Morgan fingerprint density at radius 1 is 1.28 bits per heavy atom. The summed E-state index contributed by atoms with van der Waals surface area (Å²) in [5.74, 6) is 0.915. The van der Waals surface area contributed by atoms with E-state index in [1.165, 1.54) is 0 Å². The van der Waals surface area contributed by atoms with E-state index in [-0.39, 0.29) is 12.4 Å². The number of esters is 1. The molecule has 0 aliphatic rings. The summed E-state index contributed by atoms with van der Waals surface area (Å²) in [6, 6.07) is 4.93. The predicted octanol–water partition coefficient (Wildman–Crippen LogP) is 1.66. The van der Waals surface area contributed by atoms with Crippen molar-refractivity contribution in [2.45, 2.75) is 19.4 Å². The molecule has 1 rings (SSSR count). The van der Waals surface area contributed by atoms with Gasteiger partial charge in [0.25, 0.3) is 0 Å². The Morgan fingerprint density at radius 3 is 2.50 bits per heavy atom. The molecule has 0 saturated heterocycles. The first kappa shape index (κ1) is 14.3. The molecular formula is C13H19NO4. The van der Waals surface area contributed by atoms with Crippen LogP contribution >= 0.6 is 0 Å². The van der Waals surface area contributed by atoms with Crippen molar-refractivity contribution in [3.05, 3.63) is 23.8 Å². The molecule has 0 radical (unpaired) electrons. The molecule has 0 saturated carbocycles. The number of carbonyl (C=O) groups excluding carboxylic acids is 1. The molecule has 0 spiro atoms. The van der Waals surface area contributed by atoms with Crippen molar-refractivity contribution >= 4 is 5.97 Å². The van der Waals surface area contributed by atoms with E-state index in [0.717, 1.165) is 5.56 Å². The lowest BCUT2D eigenvalue weighted by molar-refractivity contribution is -0.143. The van der Waals surface area contributed by atoms with Crippen molar-refractivity contribution in [3.8, 4) is 11.5 Å². The first-order chi connectivity index (χ1) is 8.62. The molecule has 0 amide bonds. The van der Waals surface area contributed by atoms with E-state index in [4.69, 9.17) is 19.9 Å². The summed E-state index contributed by atoms with van der Waals surface area (Å²) in [4.78, 5) is 11.3. The normalized spacial score (nSPS) is 11.8. The first-order valence-corrected chi connectivity index (χ1v) is 5.75. The maximum Gasteiger partial charge on any atom is 0.307 e. The van der Waals surface area contributed by atoms with E-state index < -0.39 is 6.04 Å². The number of hydrogen-bond donors (Lipinski definition) is 1. The van der Waals surface area contributed by atoms with E-state index in [0.29, 0.717) is 18.1 Å². The average molecular weight is 253 g/mol. The van der Waals surface area contributed by atoms with Gasteiger partial charge in [0.2, 0.25) is 0 Å². The summed E-state index contributed by atoms with van der Waals surface area (Å²) < 4.78 is 15.2. The molecule has 0 fully saturated rings. The number of benzene rings is 1. The van der Waals surface area contributed by atoms with Gasteiger partial charge in [-0.3, -0.25) is 4.79 Å². The van der Waals surface area contributed by atoms with Gasteiger partial charge in [0.05, 0.1) is 27.2 Å². The topological polar surface area (TPSA) is 70.8 Å². The molecule has 0 unspecified atom stereocenters. The lowest BCUT2D eigenvalue weighted by Gasteiger charge is -2.14. The Bertz CT molecular complexity index is 406. The number of rotatable bonds is 6. The first-order valence-electron chi connectivity index (χ1n) is 5.75. The molecule has 0 aliphatic heterocycles. The largest absolute Gasteiger partial charge is 0.493 e. The Labute approximate surface area is 107 Å². The molecule has 0 heterocycles. The van der Waals surface area contributed by atoms with Crippen molar-refractivity contribution in [2.24, 2.45) is 5.73 Å². The second-order valence-corrected chi connectivity index (χ2v) is 3.73. The Balaban J connectivity index is 2.79. The van der Waals surface area contributed by atoms with Crippen LogP contribution in [0, 0.1) is 0 Å². The van der Waals surface area contributed by atoms with Gasteiger partial charge in [-0.05, 0) is 24.6 Å². The van der Waals surface area contributed by atoms with Gasteiger partial charge in [0, 0.05) is 6.04 Å². The van der Waals surface area contributed by atoms with Crippen molar-refractivity contribution in [2.75, 3.05) is 20.8 Å². The summed E-state index contributed by atoms with van der Waals surface area (Å²) in [7, 11) is 3.12. The summed E-state index contributed by atoms with van der Waals surface area (Å²) in [6.45, 7) is 2.12. The van der Waals surface area contributed by atoms with Crippen molar-refractivity contribution < 1.29 is 19.0 Å². The van der Waals surface area contributed by atoms with Gasteiger partial charge in [-0.1, -0.05) is 6.07 Å². The zero-order chi connectivity index (χ0) is 13.5. The molecule has 5 heteroatoms. The molecule has 1 aromatic carbocycles. The van der Waals surface area contributed by atoms with E-state index in [1.54, 1.807) is 33.3 Å². The molecule has 0 bridgehead atoms.